The minimum absolute atomic E-state index is 0.0490. The van der Waals surface area contributed by atoms with Crippen LogP contribution in [0.15, 0.2) is 47.4 Å². The molecule has 2 aromatic carbocycles. The summed E-state index contributed by atoms with van der Waals surface area (Å²) in [5.74, 6) is 0.682. The van der Waals surface area contributed by atoms with Crippen molar-refractivity contribution in [3.05, 3.63) is 58.7 Å². The highest BCUT2D eigenvalue weighted by Crippen LogP contribution is 2.39. The second kappa shape index (κ2) is 11.3. The molecule has 4 rings (SSSR count). The number of aromatic nitrogens is 2. The topological polar surface area (TPSA) is 123 Å². The fourth-order valence-electron chi connectivity index (χ4n) is 3.79. The van der Waals surface area contributed by atoms with Crippen molar-refractivity contribution in [2.24, 2.45) is 0 Å². The van der Waals surface area contributed by atoms with E-state index in [9.17, 15) is 13.5 Å². The Morgan fingerprint density at radius 1 is 1.11 bits per heavy atom. The van der Waals surface area contributed by atoms with Crippen molar-refractivity contribution in [2.75, 3.05) is 43.0 Å². The number of aliphatic hydroxyl groups excluding tert-OH is 1. The Balaban J connectivity index is 1.79. The first kappa shape index (κ1) is 27.9. The summed E-state index contributed by atoms with van der Waals surface area (Å²) in [7, 11) is -2.59. The molecular formula is C26H31ClN4O6S. The second-order valence-corrected chi connectivity index (χ2v) is 11.8. The van der Waals surface area contributed by atoms with Gasteiger partial charge in [-0.05, 0) is 35.2 Å². The van der Waals surface area contributed by atoms with Crippen molar-refractivity contribution in [1.82, 2.24) is 9.97 Å². The van der Waals surface area contributed by atoms with Crippen molar-refractivity contribution in [3.8, 4) is 17.2 Å². The molecule has 1 fully saturated rings. The molecule has 0 radical (unpaired) electrons. The fraction of sp³-hybridized carbons (Fsp3) is 0.385. The average molecular weight is 563 g/mol. The van der Waals surface area contributed by atoms with Crippen LogP contribution in [0.5, 0.6) is 17.2 Å². The van der Waals surface area contributed by atoms with Crippen molar-refractivity contribution in [2.45, 2.75) is 37.7 Å². The van der Waals surface area contributed by atoms with E-state index in [2.05, 4.69) is 14.7 Å². The molecule has 12 heteroatoms. The minimum atomic E-state index is -4.09. The second-order valence-electron chi connectivity index (χ2n) is 9.68. The molecule has 1 aromatic heterocycles. The van der Waals surface area contributed by atoms with Crippen LogP contribution in [-0.4, -0.2) is 56.9 Å². The van der Waals surface area contributed by atoms with Crippen LogP contribution in [0, 0.1) is 0 Å². The number of morpholine rings is 1. The number of nitrogens with zero attached hydrogens (tertiary/aromatic N) is 3. The molecule has 38 heavy (non-hydrogen) atoms. The Bertz CT molecular complexity index is 1390. The number of hydrogen-bond donors (Lipinski definition) is 2. The number of methoxy groups -OCH3 is 1. The lowest BCUT2D eigenvalue weighted by atomic mass is 9.87. The van der Waals surface area contributed by atoms with Gasteiger partial charge in [0, 0.05) is 19.2 Å². The van der Waals surface area contributed by atoms with E-state index >= 15 is 0 Å². The van der Waals surface area contributed by atoms with Crippen LogP contribution in [0.4, 0.5) is 11.8 Å². The smallest absolute Gasteiger partial charge is 0.263 e. The number of halogens is 1. The van der Waals surface area contributed by atoms with E-state index in [0.717, 1.165) is 5.56 Å². The molecule has 1 aliphatic heterocycles. The fourth-order valence-corrected chi connectivity index (χ4v) is 4.95. The number of ether oxygens (including phenoxy) is 3. The van der Waals surface area contributed by atoms with E-state index in [4.69, 9.17) is 25.8 Å². The van der Waals surface area contributed by atoms with Crippen LogP contribution in [0.3, 0.4) is 0 Å². The normalized spacial score (nSPS) is 14.3. The quantitative estimate of drug-likeness (QED) is 0.412. The summed E-state index contributed by atoms with van der Waals surface area (Å²) in [5, 5.41) is 10.4. The first-order valence-corrected chi connectivity index (χ1v) is 13.9. The summed E-state index contributed by atoms with van der Waals surface area (Å²) in [5.41, 5.74) is 0.941. The molecule has 0 aliphatic carbocycles. The lowest BCUT2D eigenvalue weighted by Crippen LogP contribution is -2.37. The molecule has 10 nitrogen and oxygen atoms in total. The average Bonchev–Trinajstić information content (AvgIpc) is 2.90. The van der Waals surface area contributed by atoms with Crippen LogP contribution >= 0.6 is 11.6 Å². The summed E-state index contributed by atoms with van der Waals surface area (Å²) < 4.78 is 46.1. The van der Waals surface area contributed by atoms with Crippen LogP contribution in [0.25, 0.3) is 0 Å². The molecule has 204 valence electrons. The monoisotopic (exact) mass is 562 g/mol. The van der Waals surface area contributed by atoms with Gasteiger partial charge in [0.1, 0.15) is 17.2 Å². The zero-order valence-electron chi connectivity index (χ0n) is 21.7. The largest absolute Gasteiger partial charge is 0.497 e. The Morgan fingerprint density at radius 2 is 1.79 bits per heavy atom. The number of anilines is 2. The Kier molecular flexibility index (Phi) is 8.31. The molecular weight excluding hydrogens is 532 g/mol. The van der Waals surface area contributed by atoms with Crippen LogP contribution in [0.1, 0.15) is 32.0 Å². The highest BCUT2D eigenvalue weighted by Gasteiger charge is 2.26. The highest BCUT2D eigenvalue weighted by molar-refractivity contribution is 7.92. The van der Waals surface area contributed by atoms with Crippen molar-refractivity contribution in [3.63, 3.8) is 0 Å². The van der Waals surface area contributed by atoms with Crippen molar-refractivity contribution >= 4 is 33.4 Å². The first-order valence-electron chi connectivity index (χ1n) is 12.0. The lowest BCUT2D eigenvalue weighted by molar-refractivity contribution is 0.122. The summed E-state index contributed by atoms with van der Waals surface area (Å²) in [6.45, 7) is 7.56. The molecule has 0 atom stereocenters. The SMILES string of the molecule is COc1ccc(Cl)c(Oc2c(CO)nc(N3CCOCC3)nc2NS(=O)(=O)c2ccc(C(C)(C)C)cc2)c1. The zero-order chi connectivity index (χ0) is 27.5. The molecule has 0 amide bonds. The number of nitrogens with one attached hydrogen (secondary N) is 1. The molecule has 2 heterocycles. The van der Waals surface area contributed by atoms with E-state index in [-0.39, 0.29) is 44.3 Å². The van der Waals surface area contributed by atoms with Gasteiger partial charge in [0.05, 0.1) is 36.8 Å². The summed E-state index contributed by atoms with van der Waals surface area (Å²) in [6.07, 6.45) is 0. The van der Waals surface area contributed by atoms with E-state index in [1.807, 2.05) is 25.7 Å². The van der Waals surface area contributed by atoms with Gasteiger partial charge < -0.3 is 24.2 Å². The van der Waals surface area contributed by atoms with Crippen molar-refractivity contribution in [1.29, 1.82) is 0 Å². The molecule has 0 bridgehead atoms. The standard InChI is InChI=1S/C26H31ClN4O6S/c1-26(2,3)17-5-8-19(9-6-17)38(33,34)30-24-23(37-22-15-18(35-4)7-10-20(22)27)21(16-32)28-25(29-24)31-11-13-36-14-12-31/h5-10,15,32H,11-14,16H2,1-4H3,(H,28,29,30). The van der Waals surface area contributed by atoms with E-state index in [0.29, 0.717) is 32.1 Å². The maximum absolute atomic E-state index is 13.5. The van der Waals surface area contributed by atoms with Gasteiger partial charge in [-0.15, -0.1) is 0 Å². The van der Waals surface area contributed by atoms with Crippen LogP contribution < -0.4 is 19.1 Å². The summed E-state index contributed by atoms with van der Waals surface area (Å²) in [4.78, 5) is 10.9. The van der Waals surface area contributed by atoms with Gasteiger partial charge in [-0.25, -0.2) is 13.4 Å². The van der Waals surface area contributed by atoms with Crippen LogP contribution in [-0.2, 0) is 26.8 Å². The van der Waals surface area contributed by atoms with Gasteiger partial charge in [0.2, 0.25) is 5.95 Å². The van der Waals surface area contributed by atoms with Gasteiger partial charge in [-0.3, -0.25) is 4.72 Å². The Morgan fingerprint density at radius 3 is 2.39 bits per heavy atom. The summed E-state index contributed by atoms with van der Waals surface area (Å²) >= 11 is 6.34. The lowest BCUT2D eigenvalue weighted by Gasteiger charge is -2.28. The maximum atomic E-state index is 13.5. The zero-order valence-corrected chi connectivity index (χ0v) is 23.3. The number of benzene rings is 2. The molecule has 2 N–H and O–H groups in total. The predicted octanol–water partition coefficient (Wildman–Crippen LogP) is 4.36. The third-order valence-corrected chi connectivity index (χ3v) is 7.65. The third kappa shape index (κ3) is 6.29. The number of aliphatic hydroxyl groups is 1. The van der Waals surface area contributed by atoms with Gasteiger partial charge in [0.15, 0.2) is 11.6 Å². The summed E-state index contributed by atoms with van der Waals surface area (Å²) in [6, 6.07) is 11.4. The minimum Gasteiger partial charge on any atom is -0.497 e. The number of rotatable bonds is 8. The molecule has 0 saturated carbocycles. The molecule has 0 spiro atoms. The van der Waals surface area contributed by atoms with E-state index < -0.39 is 16.6 Å². The van der Waals surface area contributed by atoms with E-state index in [1.54, 1.807) is 42.5 Å². The first-order chi connectivity index (χ1) is 18.0. The number of sulfonamides is 1. The van der Waals surface area contributed by atoms with Gasteiger partial charge in [-0.2, -0.15) is 4.98 Å². The van der Waals surface area contributed by atoms with Crippen LogP contribution in [0.2, 0.25) is 5.02 Å². The Labute approximate surface area is 227 Å². The van der Waals surface area contributed by atoms with Crippen molar-refractivity contribution < 1.29 is 27.7 Å². The maximum Gasteiger partial charge on any atom is 0.263 e. The molecule has 0 unspecified atom stereocenters. The highest BCUT2D eigenvalue weighted by atomic mass is 35.5. The van der Waals surface area contributed by atoms with Gasteiger partial charge >= 0.3 is 0 Å². The third-order valence-electron chi connectivity index (χ3n) is 5.98. The predicted molar refractivity (Wildman–Crippen MR) is 145 cm³/mol. The Hall–Kier alpha value is -3.12. The van der Waals surface area contributed by atoms with Gasteiger partial charge in [0.25, 0.3) is 10.0 Å². The molecule has 1 saturated heterocycles. The molecule has 3 aromatic rings. The molecule has 1 aliphatic rings. The number of hydrogen-bond acceptors (Lipinski definition) is 9. The van der Waals surface area contributed by atoms with Gasteiger partial charge in [-0.1, -0.05) is 44.5 Å². The van der Waals surface area contributed by atoms with E-state index in [1.165, 1.54) is 7.11 Å².